The zero-order valence-corrected chi connectivity index (χ0v) is 6.36. The van der Waals surface area contributed by atoms with Gasteiger partial charge in [0.25, 0.3) is 0 Å². The predicted octanol–water partition coefficient (Wildman–Crippen LogP) is -0.320. The summed E-state index contributed by atoms with van der Waals surface area (Å²) in [4.78, 5) is 7.40. The van der Waals surface area contributed by atoms with Crippen molar-refractivity contribution in [2.75, 3.05) is 0 Å². The van der Waals surface area contributed by atoms with Gasteiger partial charge in [0.05, 0.1) is 0 Å². The third kappa shape index (κ3) is 2.05. The molecule has 5 nitrogen and oxygen atoms in total. The first-order valence-corrected chi connectivity index (χ1v) is 3.28. The Balaban J connectivity index is 2.93. The van der Waals surface area contributed by atoms with Gasteiger partial charge in [-0.1, -0.05) is 0 Å². The molecule has 0 radical (unpaired) electrons. The van der Waals surface area contributed by atoms with Crippen LogP contribution in [0.25, 0.3) is 0 Å². The monoisotopic (exact) mass is 163 g/mol. The van der Waals surface area contributed by atoms with Crippen LogP contribution >= 0.6 is 0 Å². The summed E-state index contributed by atoms with van der Waals surface area (Å²) in [6.45, 7) is 0. The zero-order chi connectivity index (χ0) is 8.97. The molecule has 0 aromatic carbocycles. The maximum absolute atomic E-state index is 6.86. The Bertz CT molecular complexity index is 303. The fourth-order valence-electron chi connectivity index (χ4n) is 0.709. The summed E-state index contributed by atoms with van der Waals surface area (Å²) in [6, 6.07) is 3.48. The van der Waals surface area contributed by atoms with Gasteiger partial charge in [-0.25, -0.2) is 0 Å². The zero-order valence-electron chi connectivity index (χ0n) is 6.36. The number of nitrogens with one attached hydrogen (secondary N) is 1. The van der Waals surface area contributed by atoms with Gasteiger partial charge in [0, 0.05) is 18.0 Å². The molecule has 5 heteroatoms. The highest BCUT2D eigenvalue weighted by Crippen LogP contribution is 1.93. The highest BCUT2D eigenvalue weighted by molar-refractivity contribution is 6.03. The first kappa shape index (κ1) is 8.19. The van der Waals surface area contributed by atoms with Crippen LogP contribution in [0.2, 0.25) is 0 Å². The van der Waals surface area contributed by atoms with Crippen LogP contribution in [0, 0.1) is 5.41 Å². The van der Waals surface area contributed by atoms with Gasteiger partial charge in [0.15, 0.2) is 0 Å². The van der Waals surface area contributed by atoms with Crippen molar-refractivity contribution in [1.82, 2.24) is 4.98 Å². The topological polar surface area (TPSA) is 101 Å². The summed E-state index contributed by atoms with van der Waals surface area (Å²) < 4.78 is 0. The van der Waals surface area contributed by atoms with E-state index >= 15 is 0 Å². The van der Waals surface area contributed by atoms with Crippen LogP contribution < -0.4 is 11.5 Å². The molecule has 0 saturated heterocycles. The van der Waals surface area contributed by atoms with Gasteiger partial charge in [0.2, 0.25) is 5.96 Å². The Morgan fingerprint density at radius 3 is 2.75 bits per heavy atom. The molecule has 1 aromatic rings. The van der Waals surface area contributed by atoms with Gasteiger partial charge in [-0.15, -0.1) is 0 Å². The molecule has 1 rings (SSSR count). The molecule has 0 saturated carbocycles. The molecule has 1 heterocycles. The number of hydrogen-bond donors (Lipinski definition) is 3. The number of pyridine rings is 1. The van der Waals surface area contributed by atoms with Gasteiger partial charge in [-0.2, -0.15) is 4.99 Å². The first-order chi connectivity index (χ1) is 5.70. The minimum absolute atomic E-state index is 0.204. The van der Waals surface area contributed by atoms with Crippen molar-refractivity contribution in [3.05, 3.63) is 30.1 Å². The highest BCUT2D eigenvalue weighted by Gasteiger charge is 1.96. The predicted molar refractivity (Wildman–Crippen MR) is 46.9 cm³/mol. The number of nitrogens with zero attached hydrogens (tertiary/aromatic N) is 2. The minimum atomic E-state index is -0.309. The van der Waals surface area contributed by atoms with Crippen molar-refractivity contribution in [3.8, 4) is 0 Å². The summed E-state index contributed by atoms with van der Waals surface area (Å²) in [6.07, 6.45) is 3.19. The number of aromatic nitrogens is 1. The molecule has 0 amide bonds. The van der Waals surface area contributed by atoms with E-state index in [1.165, 1.54) is 0 Å². The summed E-state index contributed by atoms with van der Waals surface area (Å²) in [7, 11) is 0. The van der Waals surface area contributed by atoms with Crippen LogP contribution in [-0.2, 0) is 0 Å². The molecule has 0 unspecified atom stereocenters. The fraction of sp³-hybridized carbons (Fsp3) is 0. The lowest BCUT2D eigenvalue weighted by molar-refractivity contribution is 1.30. The maximum Gasteiger partial charge on any atom is 0.214 e. The van der Waals surface area contributed by atoms with Gasteiger partial charge < -0.3 is 11.5 Å². The third-order valence-corrected chi connectivity index (χ3v) is 1.20. The summed E-state index contributed by atoms with van der Waals surface area (Å²) in [5.74, 6) is -0.105. The Kier molecular flexibility index (Phi) is 2.37. The standard InChI is InChI=1S/C7H9N5/c8-6(12-7(9)10)5-2-1-3-11-4-5/h1-4H,(H5,8,9,10,12). The number of aliphatic imine (C=N–C) groups is 1. The van der Waals surface area contributed by atoms with Crippen molar-refractivity contribution < 1.29 is 0 Å². The van der Waals surface area contributed by atoms with Crippen LogP contribution in [0.4, 0.5) is 0 Å². The Morgan fingerprint density at radius 1 is 1.50 bits per heavy atom. The maximum atomic E-state index is 6.86. The molecule has 0 aliphatic carbocycles. The normalized spacial score (nSPS) is 11.2. The Morgan fingerprint density at radius 2 is 2.25 bits per heavy atom. The minimum Gasteiger partial charge on any atom is -0.383 e. The molecule has 0 fully saturated rings. The largest absolute Gasteiger partial charge is 0.383 e. The molecule has 0 aliphatic rings. The lowest BCUT2D eigenvalue weighted by Gasteiger charge is -1.97. The van der Waals surface area contributed by atoms with E-state index in [1.54, 1.807) is 24.5 Å². The van der Waals surface area contributed by atoms with Gasteiger partial charge >= 0.3 is 0 Å². The molecule has 0 atom stereocenters. The van der Waals surface area contributed by atoms with Crippen molar-refractivity contribution in [1.29, 1.82) is 5.41 Å². The second kappa shape index (κ2) is 3.47. The molecule has 5 N–H and O–H groups in total. The van der Waals surface area contributed by atoms with Crippen molar-refractivity contribution in [3.63, 3.8) is 0 Å². The third-order valence-electron chi connectivity index (χ3n) is 1.20. The number of nitrogens with two attached hydrogens (primary N) is 2. The lowest BCUT2D eigenvalue weighted by atomic mass is 10.3. The fourth-order valence-corrected chi connectivity index (χ4v) is 0.709. The molecule has 12 heavy (non-hydrogen) atoms. The molecule has 0 aliphatic heterocycles. The number of guanidine groups is 1. The summed E-state index contributed by atoms with van der Waals surface area (Å²) in [5.41, 5.74) is 11.2. The van der Waals surface area contributed by atoms with Crippen LogP contribution in [0.15, 0.2) is 29.5 Å². The molecular weight excluding hydrogens is 154 g/mol. The van der Waals surface area contributed by atoms with Crippen LogP contribution in [0.5, 0.6) is 0 Å². The van der Waals surface area contributed by atoms with Crippen LogP contribution in [0.3, 0.4) is 0 Å². The van der Waals surface area contributed by atoms with E-state index < -0.39 is 0 Å². The number of amidine groups is 1. The molecular formula is C7H9N5. The number of hydrogen-bond acceptors (Lipinski definition) is 2. The summed E-state index contributed by atoms with van der Waals surface area (Å²) >= 11 is 0. The second-order valence-electron chi connectivity index (χ2n) is 2.12. The lowest BCUT2D eigenvalue weighted by Crippen LogP contribution is -2.18. The van der Waals surface area contributed by atoms with E-state index in [2.05, 4.69) is 9.98 Å². The van der Waals surface area contributed by atoms with E-state index in [-0.39, 0.29) is 11.8 Å². The van der Waals surface area contributed by atoms with Crippen LogP contribution in [0.1, 0.15) is 5.56 Å². The smallest absolute Gasteiger partial charge is 0.214 e. The number of rotatable bonds is 1. The van der Waals surface area contributed by atoms with Gasteiger partial charge in [-0.3, -0.25) is 10.4 Å². The average Bonchev–Trinajstić information content (AvgIpc) is 2.05. The molecule has 62 valence electrons. The Hall–Kier alpha value is -1.91. The van der Waals surface area contributed by atoms with Gasteiger partial charge in [0.1, 0.15) is 5.84 Å². The SMILES string of the molecule is N=C(N)/N=C(\N)c1cccnc1. The molecule has 0 spiro atoms. The molecule has 1 aromatic heterocycles. The van der Waals surface area contributed by atoms with Crippen molar-refractivity contribution in [2.24, 2.45) is 16.5 Å². The van der Waals surface area contributed by atoms with Crippen molar-refractivity contribution >= 4 is 11.8 Å². The van der Waals surface area contributed by atoms with E-state index in [0.717, 1.165) is 0 Å². The quantitative estimate of drug-likeness (QED) is 0.390. The molecule has 0 bridgehead atoms. The first-order valence-electron chi connectivity index (χ1n) is 3.28. The van der Waals surface area contributed by atoms with E-state index in [9.17, 15) is 0 Å². The van der Waals surface area contributed by atoms with Crippen molar-refractivity contribution in [2.45, 2.75) is 0 Å². The summed E-state index contributed by atoms with van der Waals surface area (Å²) in [5, 5.41) is 6.86. The second-order valence-corrected chi connectivity index (χ2v) is 2.12. The van der Waals surface area contributed by atoms with E-state index in [1.807, 2.05) is 0 Å². The van der Waals surface area contributed by atoms with Gasteiger partial charge in [-0.05, 0) is 12.1 Å². The highest BCUT2D eigenvalue weighted by atomic mass is 15.0. The van der Waals surface area contributed by atoms with Crippen LogP contribution in [-0.4, -0.2) is 16.8 Å². The van der Waals surface area contributed by atoms with E-state index in [0.29, 0.717) is 5.56 Å². The average molecular weight is 163 g/mol. The van der Waals surface area contributed by atoms with E-state index in [4.69, 9.17) is 16.9 Å². The Labute approximate surface area is 69.6 Å².